The molecule has 0 aliphatic carbocycles. The van der Waals surface area contributed by atoms with Crippen molar-refractivity contribution in [1.29, 1.82) is 0 Å². The molecule has 0 spiro atoms. The Bertz CT molecular complexity index is 496. The molecule has 0 fully saturated rings. The van der Waals surface area contributed by atoms with E-state index in [2.05, 4.69) is 23.3 Å². The third-order valence-electron chi connectivity index (χ3n) is 2.65. The van der Waals surface area contributed by atoms with E-state index in [9.17, 15) is 0 Å². The summed E-state index contributed by atoms with van der Waals surface area (Å²) in [5.41, 5.74) is 3.20. The number of nitrogens with one attached hydrogen (secondary N) is 1. The van der Waals surface area contributed by atoms with Crippen LogP contribution in [0.1, 0.15) is 12.5 Å². The van der Waals surface area contributed by atoms with Crippen molar-refractivity contribution in [1.82, 2.24) is 4.98 Å². The maximum absolute atomic E-state index is 9.04. The number of para-hydroxylation sites is 1. The fourth-order valence-corrected chi connectivity index (χ4v) is 1.76. The molecule has 16 heavy (non-hydrogen) atoms. The van der Waals surface area contributed by atoms with Crippen LogP contribution in [-0.4, -0.2) is 22.7 Å². The zero-order valence-electron chi connectivity index (χ0n) is 9.57. The highest BCUT2D eigenvalue weighted by Crippen LogP contribution is 2.24. The van der Waals surface area contributed by atoms with Crippen molar-refractivity contribution in [3.63, 3.8) is 0 Å². The van der Waals surface area contributed by atoms with Gasteiger partial charge < -0.3 is 10.4 Å². The van der Waals surface area contributed by atoms with E-state index in [0.717, 1.165) is 22.2 Å². The molecule has 1 aromatic heterocycles. The Kier molecular flexibility index (Phi) is 3.06. The first-order chi connectivity index (χ1) is 7.72. The summed E-state index contributed by atoms with van der Waals surface area (Å²) in [6, 6.07) is 8.10. The quantitative estimate of drug-likeness (QED) is 0.827. The molecule has 84 valence electrons. The topological polar surface area (TPSA) is 45.1 Å². The van der Waals surface area contributed by atoms with Gasteiger partial charge in [-0.05, 0) is 25.5 Å². The summed E-state index contributed by atoms with van der Waals surface area (Å²) in [7, 11) is 0. The highest BCUT2D eigenvalue weighted by molar-refractivity contribution is 5.92. The van der Waals surface area contributed by atoms with E-state index in [4.69, 9.17) is 5.11 Å². The second-order valence-electron chi connectivity index (χ2n) is 4.06. The maximum Gasteiger partial charge on any atom is 0.0751 e. The minimum Gasteiger partial charge on any atom is -0.394 e. The summed E-state index contributed by atoms with van der Waals surface area (Å²) in [5.74, 6) is 0. The zero-order valence-corrected chi connectivity index (χ0v) is 9.57. The number of hydrogen-bond acceptors (Lipinski definition) is 3. The van der Waals surface area contributed by atoms with E-state index in [-0.39, 0.29) is 12.6 Å². The minimum atomic E-state index is 0.0473. The number of aliphatic hydroxyl groups is 1. The lowest BCUT2D eigenvalue weighted by Crippen LogP contribution is -2.19. The molecule has 0 aliphatic heterocycles. The molecule has 3 nitrogen and oxygen atoms in total. The summed E-state index contributed by atoms with van der Waals surface area (Å²) >= 11 is 0. The first-order valence-corrected chi connectivity index (χ1v) is 5.44. The number of fused-ring (bicyclic) bond motifs is 1. The molecule has 1 aromatic carbocycles. The number of benzene rings is 1. The zero-order chi connectivity index (χ0) is 11.5. The van der Waals surface area contributed by atoms with Crippen molar-refractivity contribution in [3.8, 4) is 0 Å². The van der Waals surface area contributed by atoms with Gasteiger partial charge in [-0.25, -0.2) is 0 Å². The number of pyridine rings is 1. The molecule has 0 saturated heterocycles. The predicted octanol–water partition coefficient (Wildman–Crippen LogP) is 2.34. The summed E-state index contributed by atoms with van der Waals surface area (Å²) < 4.78 is 0. The SMILES string of the molecule is Cc1cccc2c(NC(C)CO)ccnc12. The Labute approximate surface area is 95.1 Å². The number of aliphatic hydroxyl groups excluding tert-OH is 1. The lowest BCUT2D eigenvalue weighted by atomic mass is 10.1. The number of nitrogens with zero attached hydrogens (tertiary/aromatic N) is 1. The number of aromatic nitrogens is 1. The van der Waals surface area contributed by atoms with Gasteiger partial charge in [-0.1, -0.05) is 18.2 Å². The van der Waals surface area contributed by atoms with Crippen LogP contribution in [0.5, 0.6) is 0 Å². The molecule has 3 heteroatoms. The highest BCUT2D eigenvalue weighted by atomic mass is 16.3. The van der Waals surface area contributed by atoms with Crippen LogP contribution >= 0.6 is 0 Å². The molecule has 0 amide bonds. The van der Waals surface area contributed by atoms with Gasteiger partial charge in [0.15, 0.2) is 0 Å². The minimum absolute atomic E-state index is 0.0473. The fourth-order valence-electron chi connectivity index (χ4n) is 1.76. The summed E-state index contributed by atoms with van der Waals surface area (Å²) in [6.45, 7) is 4.12. The Morgan fingerprint density at radius 3 is 2.94 bits per heavy atom. The Balaban J connectivity index is 2.50. The molecule has 1 atom stereocenters. The number of anilines is 1. The van der Waals surface area contributed by atoms with Gasteiger partial charge in [0.2, 0.25) is 0 Å². The van der Waals surface area contributed by atoms with Crippen molar-refractivity contribution in [3.05, 3.63) is 36.0 Å². The van der Waals surface area contributed by atoms with Gasteiger partial charge in [-0.3, -0.25) is 4.98 Å². The van der Waals surface area contributed by atoms with Gasteiger partial charge in [-0.15, -0.1) is 0 Å². The first kappa shape index (κ1) is 10.9. The van der Waals surface area contributed by atoms with Gasteiger partial charge >= 0.3 is 0 Å². The van der Waals surface area contributed by atoms with E-state index < -0.39 is 0 Å². The molecular formula is C13H16N2O. The Hall–Kier alpha value is -1.61. The smallest absolute Gasteiger partial charge is 0.0751 e. The maximum atomic E-state index is 9.04. The van der Waals surface area contributed by atoms with Gasteiger partial charge in [0, 0.05) is 23.3 Å². The van der Waals surface area contributed by atoms with E-state index >= 15 is 0 Å². The summed E-state index contributed by atoms with van der Waals surface area (Å²) in [6.07, 6.45) is 1.79. The molecule has 0 saturated carbocycles. The number of rotatable bonds is 3. The van der Waals surface area contributed by atoms with Crippen LogP contribution in [-0.2, 0) is 0 Å². The number of hydrogen-bond donors (Lipinski definition) is 2. The average molecular weight is 216 g/mol. The number of aryl methyl sites for hydroxylation is 1. The van der Waals surface area contributed by atoms with Crippen molar-refractivity contribution in [2.75, 3.05) is 11.9 Å². The third kappa shape index (κ3) is 1.99. The molecule has 2 aromatic rings. The molecule has 0 aliphatic rings. The second kappa shape index (κ2) is 4.49. The lowest BCUT2D eigenvalue weighted by Gasteiger charge is -2.14. The van der Waals surface area contributed by atoms with Crippen LogP contribution in [0, 0.1) is 6.92 Å². The van der Waals surface area contributed by atoms with E-state index in [0.29, 0.717) is 0 Å². The van der Waals surface area contributed by atoms with Crippen molar-refractivity contribution in [2.24, 2.45) is 0 Å². The van der Waals surface area contributed by atoms with Crippen LogP contribution in [0.25, 0.3) is 10.9 Å². The van der Waals surface area contributed by atoms with Crippen LogP contribution in [0.2, 0.25) is 0 Å². The third-order valence-corrected chi connectivity index (χ3v) is 2.65. The van der Waals surface area contributed by atoms with Crippen LogP contribution in [0.15, 0.2) is 30.5 Å². The largest absolute Gasteiger partial charge is 0.394 e. The highest BCUT2D eigenvalue weighted by Gasteiger charge is 2.05. The van der Waals surface area contributed by atoms with Gasteiger partial charge in [-0.2, -0.15) is 0 Å². The van der Waals surface area contributed by atoms with E-state index in [1.807, 2.05) is 25.1 Å². The molecule has 1 heterocycles. The van der Waals surface area contributed by atoms with Crippen molar-refractivity contribution in [2.45, 2.75) is 19.9 Å². The molecule has 1 unspecified atom stereocenters. The average Bonchev–Trinajstić information content (AvgIpc) is 2.30. The molecule has 2 rings (SSSR count). The predicted molar refractivity (Wildman–Crippen MR) is 66.7 cm³/mol. The second-order valence-corrected chi connectivity index (χ2v) is 4.06. The van der Waals surface area contributed by atoms with Crippen molar-refractivity contribution >= 4 is 16.6 Å². The fraction of sp³-hybridized carbons (Fsp3) is 0.308. The Morgan fingerprint density at radius 2 is 2.19 bits per heavy atom. The normalized spacial score (nSPS) is 12.7. The van der Waals surface area contributed by atoms with Crippen LogP contribution < -0.4 is 5.32 Å². The van der Waals surface area contributed by atoms with E-state index in [1.165, 1.54) is 0 Å². The summed E-state index contributed by atoms with van der Waals surface area (Å²) in [4.78, 5) is 4.37. The molecule has 0 radical (unpaired) electrons. The van der Waals surface area contributed by atoms with Crippen LogP contribution in [0.3, 0.4) is 0 Å². The Morgan fingerprint density at radius 1 is 1.38 bits per heavy atom. The van der Waals surface area contributed by atoms with Gasteiger partial charge in [0.25, 0.3) is 0 Å². The van der Waals surface area contributed by atoms with Crippen molar-refractivity contribution < 1.29 is 5.11 Å². The monoisotopic (exact) mass is 216 g/mol. The van der Waals surface area contributed by atoms with Crippen LogP contribution in [0.4, 0.5) is 5.69 Å². The standard InChI is InChI=1S/C13H16N2O/c1-9-4-3-5-11-12(15-10(2)8-16)6-7-14-13(9)11/h3-7,10,16H,8H2,1-2H3,(H,14,15). The lowest BCUT2D eigenvalue weighted by molar-refractivity contribution is 0.281. The molecular weight excluding hydrogens is 200 g/mol. The van der Waals surface area contributed by atoms with Gasteiger partial charge in [0.05, 0.1) is 12.1 Å². The van der Waals surface area contributed by atoms with Gasteiger partial charge in [0.1, 0.15) is 0 Å². The molecule has 0 bridgehead atoms. The molecule has 2 N–H and O–H groups in total. The van der Waals surface area contributed by atoms with E-state index in [1.54, 1.807) is 6.20 Å². The summed E-state index contributed by atoms with van der Waals surface area (Å²) in [5, 5.41) is 13.4. The first-order valence-electron chi connectivity index (χ1n) is 5.44.